The van der Waals surface area contributed by atoms with E-state index in [9.17, 15) is 9.59 Å². The number of hydrogen-bond acceptors (Lipinski definition) is 6. The lowest BCUT2D eigenvalue weighted by Crippen LogP contribution is -2.32. The van der Waals surface area contributed by atoms with Crippen molar-refractivity contribution in [1.82, 2.24) is 15.7 Å². The minimum absolute atomic E-state index is 0.00871. The van der Waals surface area contributed by atoms with E-state index in [1.807, 2.05) is 0 Å². The first-order chi connectivity index (χ1) is 15.6. The number of carbonyl (C=O) groups is 2. The number of hydrogen-bond donors (Lipinski definition) is 2. The molecule has 32 heavy (non-hydrogen) atoms. The first-order valence-corrected chi connectivity index (χ1v) is 9.64. The highest BCUT2D eigenvalue weighted by molar-refractivity contribution is 6.05. The molecule has 8 nitrogen and oxygen atoms in total. The van der Waals surface area contributed by atoms with Gasteiger partial charge in [-0.25, -0.2) is 5.43 Å². The topological polar surface area (TPSA) is 102 Å². The largest absolute Gasteiger partial charge is 0.493 e. The second kappa shape index (κ2) is 11.1. The van der Waals surface area contributed by atoms with Gasteiger partial charge in [0.25, 0.3) is 11.8 Å². The molecule has 0 unspecified atom stereocenters. The van der Waals surface area contributed by atoms with Crippen LogP contribution in [0.5, 0.6) is 11.5 Å². The Balaban J connectivity index is 1.86. The fourth-order valence-electron chi connectivity index (χ4n) is 2.73. The number of hydrazone groups is 1. The van der Waals surface area contributed by atoms with E-state index in [0.29, 0.717) is 28.2 Å². The van der Waals surface area contributed by atoms with Crippen LogP contribution in [0.1, 0.15) is 21.5 Å². The lowest BCUT2D eigenvalue weighted by Gasteiger charge is -2.11. The molecular formula is C24H22N4O4. The Morgan fingerprint density at radius 2 is 1.72 bits per heavy atom. The van der Waals surface area contributed by atoms with Gasteiger partial charge in [0.2, 0.25) is 0 Å². The van der Waals surface area contributed by atoms with Crippen molar-refractivity contribution in [2.24, 2.45) is 5.10 Å². The molecular weight excluding hydrogens is 408 g/mol. The number of nitrogens with zero attached hydrogens (tertiary/aromatic N) is 2. The first-order valence-electron chi connectivity index (χ1n) is 9.64. The van der Waals surface area contributed by atoms with Crippen LogP contribution < -0.4 is 20.2 Å². The molecule has 8 heteroatoms. The second-order valence-corrected chi connectivity index (χ2v) is 6.48. The Hall–Kier alpha value is -4.46. The maximum absolute atomic E-state index is 12.8. The van der Waals surface area contributed by atoms with Gasteiger partial charge in [0.1, 0.15) is 5.70 Å². The number of nitrogens with one attached hydrogen (secondary N) is 2. The number of pyridine rings is 1. The Labute approximate surface area is 185 Å². The molecule has 3 aromatic rings. The molecule has 1 heterocycles. The highest BCUT2D eigenvalue weighted by Crippen LogP contribution is 2.28. The maximum atomic E-state index is 12.8. The summed E-state index contributed by atoms with van der Waals surface area (Å²) in [5.74, 6) is 0.0166. The summed E-state index contributed by atoms with van der Waals surface area (Å²) >= 11 is 0. The van der Waals surface area contributed by atoms with Gasteiger partial charge in [-0.15, -0.1) is 0 Å². The minimum Gasteiger partial charge on any atom is -0.493 e. The van der Waals surface area contributed by atoms with E-state index in [0.717, 1.165) is 0 Å². The average Bonchev–Trinajstić information content (AvgIpc) is 2.84. The van der Waals surface area contributed by atoms with E-state index < -0.39 is 11.8 Å². The summed E-state index contributed by atoms with van der Waals surface area (Å²) in [6.07, 6.45) is 6.22. The molecule has 0 bridgehead atoms. The van der Waals surface area contributed by atoms with E-state index in [2.05, 4.69) is 20.8 Å². The third-order valence-electron chi connectivity index (χ3n) is 4.31. The Kier molecular flexibility index (Phi) is 7.69. The molecule has 2 aromatic carbocycles. The fourth-order valence-corrected chi connectivity index (χ4v) is 2.73. The zero-order valence-corrected chi connectivity index (χ0v) is 17.6. The minimum atomic E-state index is -0.593. The predicted octanol–water partition coefficient (Wildman–Crippen LogP) is 3.02. The molecule has 3 rings (SSSR count). The van der Waals surface area contributed by atoms with E-state index in [1.165, 1.54) is 26.5 Å². The lowest BCUT2D eigenvalue weighted by atomic mass is 10.1. The molecule has 0 radical (unpaired) electrons. The van der Waals surface area contributed by atoms with Gasteiger partial charge in [0.15, 0.2) is 11.5 Å². The monoisotopic (exact) mass is 430 g/mol. The second-order valence-electron chi connectivity index (χ2n) is 6.48. The molecule has 0 saturated heterocycles. The summed E-state index contributed by atoms with van der Waals surface area (Å²) in [7, 11) is 3.05. The van der Waals surface area contributed by atoms with Gasteiger partial charge in [-0.3, -0.25) is 14.6 Å². The standard InChI is InChI=1S/C24H22N4O4/c1-31-21-11-10-17(14-22(21)32-2)13-20(27-23(29)19-8-4-3-5-9-19)24(30)28-26-16-18-7-6-12-25-15-18/h3-16H,1-2H3,(H,27,29)(H,28,30)/b20-13+,26-16+. The Morgan fingerprint density at radius 3 is 2.41 bits per heavy atom. The Morgan fingerprint density at radius 1 is 0.938 bits per heavy atom. The van der Waals surface area contributed by atoms with Crippen molar-refractivity contribution in [3.05, 3.63) is 95.4 Å². The smallest absolute Gasteiger partial charge is 0.287 e. The average molecular weight is 430 g/mol. The summed E-state index contributed by atoms with van der Waals surface area (Å²) in [5.41, 5.74) is 4.18. The van der Waals surface area contributed by atoms with Crippen molar-refractivity contribution in [1.29, 1.82) is 0 Å². The number of ether oxygens (including phenoxy) is 2. The Bertz CT molecular complexity index is 1130. The lowest BCUT2D eigenvalue weighted by molar-refractivity contribution is -0.117. The fraction of sp³-hybridized carbons (Fsp3) is 0.0833. The van der Waals surface area contributed by atoms with Crippen molar-refractivity contribution >= 4 is 24.1 Å². The van der Waals surface area contributed by atoms with Gasteiger partial charge in [-0.1, -0.05) is 30.3 Å². The molecule has 0 aliphatic heterocycles. The van der Waals surface area contributed by atoms with Crippen molar-refractivity contribution in [2.75, 3.05) is 14.2 Å². The van der Waals surface area contributed by atoms with Gasteiger partial charge in [-0.05, 0) is 42.0 Å². The van der Waals surface area contributed by atoms with Crippen LogP contribution in [0.15, 0.2) is 83.9 Å². The molecule has 162 valence electrons. The SMILES string of the molecule is COc1ccc(/C=C(/NC(=O)c2ccccc2)C(=O)N/N=C/c2cccnc2)cc1OC. The normalized spacial score (nSPS) is 11.1. The molecule has 0 saturated carbocycles. The van der Waals surface area contributed by atoms with Crippen LogP contribution in [-0.4, -0.2) is 37.2 Å². The van der Waals surface area contributed by atoms with Crippen LogP contribution >= 0.6 is 0 Å². The molecule has 0 spiro atoms. The molecule has 0 aliphatic carbocycles. The first kappa shape index (κ1) is 22.2. The van der Waals surface area contributed by atoms with Gasteiger partial charge in [0.05, 0.1) is 20.4 Å². The molecule has 0 atom stereocenters. The van der Waals surface area contributed by atoms with Crippen molar-refractivity contribution in [3.8, 4) is 11.5 Å². The number of aromatic nitrogens is 1. The third kappa shape index (κ3) is 6.02. The van der Waals surface area contributed by atoms with Crippen molar-refractivity contribution in [2.45, 2.75) is 0 Å². The molecule has 0 fully saturated rings. The summed E-state index contributed by atoms with van der Waals surface area (Å²) in [6, 6.07) is 17.3. The zero-order chi connectivity index (χ0) is 22.8. The molecule has 2 N–H and O–H groups in total. The zero-order valence-electron chi connectivity index (χ0n) is 17.6. The van der Waals surface area contributed by atoms with Gasteiger partial charge >= 0.3 is 0 Å². The summed E-state index contributed by atoms with van der Waals surface area (Å²) < 4.78 is 10.6. The van der Waals surface area contributed by atoms with E-state index in [-0.39, 0.29) is 5.70 Å². The van der Waals surface area contributed by atoms with Crippen molar-refractivity contribution < 1.29 is 19.1 Å². The number of methoxy groups -OCH3 is 2. The highest BCUT2D eigenvalue weighted by Gasteiger charge is 2.15. The number of benzene rings is 2. The van der Waals surface area contributed by atoms with Gasteiger partial charge in [0, 0.05) is 23.5 Å². The summed E-state index contributed by atoms with van der Waals surface area (Å²) in [4.78, 5) is 29.4. The van der Waals surface area contributed by atoms with E-state index >= 15 is 0 Å². The van der Waals surface area contributed by atoms with Crippen LogP contribution in [-0.2, 0) is 4.79 Å². The quantitative estimate of drug-likeness (QED) is 0.325. The number of amides is 2. The molecule has 0 aliphatic rings. The van der Waals surface area contributed by atoms with Gasteiger partial charge in [-0.2, -0.15) is 5.10 Å². The van der Waals surface area contributed by atoms with Crippen LogP contribution in [0.25, 0.3) is 6.08 Å². The van der Waals surface area contributed by atoms with Gasteiger partial charge < -0.3 is 14.8 Å². The van der Waals surface area contributed by atoms with Crippen molar-refractivity contribution in [3.63, 3.8) is 0 Å². The summed E-state index contributed by atoms with van der Waals surface area (Å²) in [5, 5.41) is 6.59. The van der Waals surface area contributed by atoms with Crippen LogP contribution in [0.3, 0.4) is 0 Å². The third-order valence-corrected chi connectivity index (χ3v) is 4.31. The number of carbonyl (C=O) groups excluding carboxylic acids is 2. The van der Waals surface area contributed by atoms with E-state index in [1.54, 1.807) is 73.1 Å². The van der Waals surface area contributed by atoms with E-state index in [4.69, 9.17) is 9.47 Å². The molecule has 2 amide bonds. The molecule has 1 aromatic heterocycles. The van der Waals surface area contributed by atoms with Crippen LogP contribution in [0.2, 0.25) is 0 Å². The summed E-state index contributed by atoms with van der Waals surface area (Å²) in [6.45, 7) is 0. The number of rotatable bonds is 8. The maximum Gasteiger partial charge on any atom is 0.287 e. The highest BCUT2D eigenvalue weighted by atomic mass is 16.5. The van der Waals surface area contributed by atoms with Crippen LogP contribution in [0.4, 0.5) is 0 Å². The van der Waals surface area contributed by atoms with Crippen LogP contribution in [0, 0.1) is 0 Å². The predicted molar refractivity (Wildman–Crippen MR) is 121 cm³/mol.